The van der Waals surface area contributed by atoms with Crippen LogP contribution in [0.2, 0.25) is 0 Å². The Morgan fingerprint density at radius 3 is 1.18 bits per heavy atom. The summed E-state index contributed by atoms with van der Waals surface area (Å²) < 4.78 is 68.3. The maximum absolute atomic E-state index is 12.4. The summed E-state index contributed by atoms with van der Waals surface area (Å²) >= 11 is 0. The third-order valence-corrected chi connectivity index (χ3v) is 7.88. The van der Waals surface area contributed by atoms with Crippen molar-refractivity contribution in [1.29, 1.82) is 0 Å². The van der Waals surface area contributed by atoms with Crippen LogP contribution in [0.1, 0.15) is 14.0 Å². The van der Waals surface area contributed by atoms with Crippen molar-refractivity contribution in [3.05, 3.63) is 79.9 Å². The SMILES string of the molecule is O=[N+]([O-])c1cc(S(=O)(=O)[O-])cc(N=Nc2cc(Cc3cc(N=Nc4cc(S(=O)(=O)[O-])cc([N+](=O)[O-])c4[O-])c([O-])cc3O)c(O)cc2[O-])c1[O-].[Cu+2].[Cu+2].[H+].[H+]. The van der Waals surface area contributed by atoms with Gasteiger partial charge in [0.15, 0.2) is 0 Å². The molecule has 0 saturated carbocycles. The summed E-state index contributed by atoms with van der Waals surface area (Å²) in [5.74, 6) is -6.43. The molecule has 4 rings (SSSR count). The standard InChI is InChI=1S/C25H18N6O16S2.2Cu/c32-20-8-22(34)14(26-28-16-4-12(48(42,43)44)6-18(24(16)36)30(38)39)2-10(20)1-11-3-15(23(35)9-21(11)33)27-29-17-5-13(49(45,46)47)7-19(25(17)37)31(40)41;;/h2-9,32-37H,1H2,(H,42,43,44)(H,45,46,47);;/q;2*+2/p-4. The molecule has 0 bridgehead atoms. The van der Waals surface area contributed by atoms with Crippen LogP contribution in [0, 0.1) is 20.2 Å². The minimum Gasteiger partial charge on any atom is -0.871 e. The summed E-state index contributed by atoms with van der Waals surface area (Å²) in [5, 5.41) is 106. The Kier molecular flexibility index (Phi) is 12.8. The van der Waals surface area contributed by atoms with Crippen LogP contribution in [0.4, 0.5) is 34.1 Å². The van der Waals surface area contributed by atoms with E-state index in [4.69, 9.17) is 0 Å². The zero-order valence-corrected chi connectivity index (χ0v) is 27.6. The van der Waals surface area contributed by atoms with Gasteiger partial charge >= 0.3 is 37.0 Å². The molecule has 0 heterocycles. The van der Waals surface area contributed by atoms with Crippen molar-refractivity contribution in [2.45, 2.75) is 16.2 Å². The third kappa shape index (κ3) is 9.41. The molecule has 0 spiro atoms. The molecule has 22 nitrogen and oxygen atoms in total. The van der Waals surface area contributed by atoms with E-state index >= 15 is 0 Å². The molecule has 274 valence electrons. The Morgan fingerprint density at radius 2 is 0.882 bits per heavy atom. The van der Waals surface area contributed by atoms with Crippen LogP contribution in [0.25, 0.3) is 0 Å². The molecule has 0 saturated heterocycles. The Balaban J connectivity index is 0.00000676. The number of hydrogen-bond acceptors (Lipinski definition) is 20. The molecule has 26 heteroatoms. The van der Waals surface area contributed by atoms with Gasteiger partial charge in [-0.15, -0.1) is 0 Å². The molecule has 0 fully saturated rings. The quantitative estimate of drug-likeness (QED) is 0.0753. The van der Waals surface area contributed by atoms with Gasteiger partial charge in [0, 0.05) is 41.2 Å². The maximum Gasteiger partial charge on any atom is 2.00 e. The zero-order chi connectivity index (χ0) is 36.6. The normalized spacial score (nSPS) is 11.6. The van der Waals surface area contributed by atoms with Crippen molar-refractivity contribution in [2.75, 3.05) is 0 Å². The monoisotopic (exact) mass is 844 g/mol. The molecule has 2 radical (unpaired) electrons. The largest absolute Gasteiger partial charge is 2.00 e. The topological polar surface area (TPSA) is 383 Å². The van der Waals surface area contributed by atoms with Crippen molar-refractivity contribution in [2.24, 2.45) is 20.5 Å². The fraction of sp³-hybridized carbons (Fsp3) is 0.0400. The van der Waals surface area contributed by atoms with Gasteiger partial charge in [-0.2, -0.15) is 20.5 Å². The minimum atomic E-state index is -5.31. The smallest absolute Gasteiger partial charge is 0.871 e. The van der Waals surface area contributed by atoms with E-state index in [2.05, 4.69) is 20.5 Å². The number of phenolic OH excluding ortho intramolecular Hbond substituents is 2. The van der Waals surface area contributed by atoms with Crippen LogP contribution in [-0.2, 0) is 60.8 Å². The molecule has 0 aliphatic carbocycles. The number of aromatic hydroxyl groups is 2. The fourth-order valence-corrected chi connectivity index (χ4v) is 4.94. The number of azo groups is 2. The van der Waals surface area contributed by atoms with Gasteiger partial charge in [-0.3, -0.25) is 20.2 Å². The molecule has 4 aromatic rings. The summed E-state index contributed by atoms with van der Waals surface area (Å²) in [6.07, 6.45) is -0.534. The Morgan fingerprint density at radius 1 is 0.569 bits per heavy atom. The van der Waals surface area contributed by atoms with Crippen LogP contribution >= 0.6 is 0 Å². The molecule has 0 aliphatic heterocycles. The van der Waals surface area contributed by atoms with Crippen molar-refractivity contribution in [3.63, 3.8) is 0 Å². The van der Waals surface area contributed by atoms with Crippen LogP contribution in [0.3, 0.4) is 0 Å². The number of rotatable bonds is 10. The van der Waals surface area contributed by atoms with Crippen molar-refractivity contribution < 1.29 is 103 Å². The van der Waals surface area contributed by atoms with Gasteiger partial charge in [0.1, 0.15) is 31.7 Å². The average Bonchev–Trinajstić information content (AvgIpc) is 2.98. The second-order valence-electron chi connectivity index (χ2n) is 9.48. The Hall–Kier alpha value is -5.46. The van der Waals surface area contributed by atoms with Crippen LogP contribution < -0.4 is 20.4 Å². The molecule has 0 aliphatic rings. The molecule has 51 heavy (non-hydrogen) atoms. The fourth-order valence-electron chi connectivity index (χ4n) is 3.92. The van der Waals surface area contributed by atoms with Gasteiger partial charge in [0.25, 0.3) is 11.4 Å². The van der Waals surface area contributed by atoms with E-state index in [1.165, 1.54) is 0 Å². The van der Waals surface area contributed by atoms with Crippen LogP contribution in [0.5, 0.6) is 34.5 Å². The second kappa shape index (κ2) is 15.6. The molecular weight excluding hydrogens is 832 g/mol. The van der Waals surface area contributed by atoms with Crippen LogP contribution in [0.15, 0.2) is 78.8 Å². The predicted molar refractivity (Wildman–Crippen MR) is 149 cm³/mol. The van der Waals surface area contributed by atoms with Crippen molar-refractivity contribution in [3.8, 4) is 34.5 Å². The molecule has 0 amide bonds. The molecule has 2 N–H and O–H groups in total. The predicted octanol–water partition coefficient (Wildman–Crippen LogP) is 1.66. The first kappa shape index (κ1) is 41.7. The third-order valence-electron chi connectivity index (χ3n) is 6.25. The van der Waals surface area contributed by atoms with E-state index in [-0.39, 0.29) is 60.3 Å². The molecular formula is C25H14Cu2N6O16S2. The molecule has 0 unspecified atom stereocenters. The second-order valence-corrected chi connectivity index (χ2v) is 12.2. The number of phenols is 2. The number of nitro benzene ring substituents is 2. The molecule has 0 aromatic heterocycles. The van der Waals surface area contributed by atoms with Gasteiger partial charge in [-0.25, -0.2) is 16.8 Å². The van der Waals surface area contributed by atoms with E-state index in [0.717, 1.165) is 12.1 Å². The number of nitro groups is 2. The summed E-state index contributed by atoms with van der Waals surface area (Å²) in [7, 11) is -10.6. The van der Waals surface area contributed by atoms with E-state index in [9.17, 15) is 76.8 Å². The number of nitrogens with zero attached hydrogens (tertiary/aromatic N) is 6. The Labute approximate surface area is 307 Å². The van der Waals surface area contributed by atoms with Gasteiger partial charge in [-0.05, 0) is 36.4 Å². The van der Waals surface area contributed by atoms with Gasteiger partial charge in [-0.1, -0.05) is 11.5 Å². The summed E-state index contributed by atoms with van der Waals surface area (Å²) in [6, 6.07) is 4.11. The first-order valence-corrected chi connectivity index (χ1v) is 15.3. The maximum atomic E-state index is 12.4. The number of hydrogen-bond donors (Lipinski definition) is 2. The average molecular weight is 846 g/mol. The van der Waals surface area contributed by atoms with E-state index in [1.54, 1.807) is 0 Å². The van der Waals surface area contributed by atoms with Crippen molar-refractivity contribution in [1.82, 2.24) is 0 Å². The minimum absolute atomic E-state index is 0. The van der Waals surface area contributed by atoms with Crippen LogP contribution in [-0.4, -0.2) is 46.0 Å². The molecule has 0 atom stereocenters. The number of benzene rings is 4. The summed E-state index contributed by atoms with van der Waals surface area (Å²) in [5.41, 5.74) is -6.44. The Bertz CT molecular complexity index is 2210. The first-order chi connectivity index (χ1) is 22.7. The van der Waals surface area contributed by atoms with Crippen molar-refractivity contribution >= 4 is 54.4 Å². The van der Waals surface area contributed by atoms with Gasteiger partial charge in [0.2, 0.25) is 0 Å². The van der Waals surface area contributed by atoms with Gasteiger partial charge < -0.3 is 39.7 Å². The van der Waals surface area contributed by atoms with E-state index in [0.29, 0.717) is 24.3 Å². The van der Waals surface area contributed by atoms with Gasteiger partial charge in [0.05, 0.1) is 42.4 Å². The van der Waals surface area contributed by atoms with E-state index in [1.807, 2.05) is 0 Å². The summed E-state index contributed by atoms with van der Waals surface area (Å²) in [4.78, 5) is 17.4. The zero-order valence-electron chi connectivity index (χ0n) is 26.0. The van der Waals surface area contributed by atoms with E-state index < -0.39 is 115 Å². The first-order valence-electron chi connectivity index (χ1n) is 12.5. The summed E-state index contributed by atoms with van der Waals surface area (Å²) in [6.45, 7) is 0. The molecule has 4 aromatic carbocycles.